The van der Waals surface area contributed by atoms with Crippen LogP contribution in [-0.2, 0) is 9.63 Å². The van der Waals surface area contributed by atoms with E-state index in [1.165, 1.54) is 0 Å². The standard InChI is InChI=1S/C7H13NO2/c1-6(2)8-10-7(3)4-5-9/h5,7H,4H2,1-3H3. The summed E-state index contributed by atoms with van der Waals surface area (Å²) in [7, 11) is 0. The Morgan fingerprint density at radius 3 is 2.70 bits per heavy atom. The van der Waals surface area contributed by atoms with Crippen molar-refractivity contribution in [2.24, 2.45) is 5.16 Å². The van der Waals surface area contributed by atoms with Gasteiger partial charge in [-0.05, 0) is 20.8 Å². The van der Waals surface area contributed by atoms with Crippen molar-refractivity contribution in [1.29, 1.82) is 0 Å². The molecule has 3 heteroatoms. The minimum Gasteiger partial charge on any atom is -0.392 e. The molecule has 1 atom stereocenters. The highest BCUT2D eigenvalue weighted by Crippen LogP contribution is 1.94. The van der Waals surface area contributed by atoms with Crippen LogP contribution in [0.4, 0.5) is 0 Å². The number of hydrogen-bond donors (Lipinski definition) is 0. The van der Waals surface area contributed by atoms with E-state index in [2.05, 4.69) is 5.16 Å². The molecule has 0 saturated heterocycles. The van der Waals surface area contributed by atoms with Crippen LogP contribution in [0.25, 0.3) is 0 Å². The molecule has 0 heterocycles. The summed E-state index contributed by atoms with van der Waals surface area (Å²) in [5, 5.41) is 3.70. The molecule has 0 radical (unpaired) electrons. The molecule has 0 aromatic carbocycles. The lowest BCUT2D eigenvalue weighted by molar-refractivity contribution is -0.110. The van der Waals surface area contributed by atoms with Gasteiger partial charge in [0.05, 0.1) is 5.71 Å². The molecule has 0 aromatic rings. The zero-order valence-corrected chi connectivity index (χ0v) is 6.63. The third-order valence-electron chi connectivity index (χ3n) is 0.843. The van der Waals surface area contributed by atoms with Crippen LogP contribution < -0.4 is 0 Å². The fraction of sp³-hybridized carbons (Fsp3) is 0.714. The topological polar surface area (TPSA) is 38.7 Å². The first-order chi connectivity index (χ1) is 4.66. The highest BCUT2D eigenvalue weighted by Gasteiger charge is 1.98. The van der Waals surface area contributed by atoms with Gasteiger partial charge in [0.15, 0.2) is 0 Å². The molecule has 0 amide bonds. The Kier molecular flexibility index (Phi) is 4.54. The van der Waals surface area contributed by atoms with E-state index in [1.807, 2.05) is 13.8 Å². The number of oxime groups is 1. The van der Waals surface area contributed by atoms with Crippen molar-refractivity contribution in [2.75, 3.05) is 0 Å². The quantitative estimate of drug-likeness (QED) is 0.339. The third-order valence-corrected chi connectivity index (χ3v) is 0.843. The van der Waals surface area contributed by atoms with Crippen LogP contribution in [0.2, 0.25) is 0 Å². The molecule has 3 nitrogen and oxygen atoms in total. The van der Waals surface area contributed by atoms with Gasteiger partial charge in [-0.3, -0.25) is 0 Å². The van der Waals surface area contributed by atoms with Crippen LogP contribution in [0.3, 0.4) is 0 Å². The van der Waals surface area contributed by atoms with Gasteiger partial charge in [-0.25, -0.2) is 0 Å². The molecule has 0 N–H and O–H groups in total. The zero-order valence-electron chi connectivity index (χ0n) is 6.63. The number of carbonyl (C=O) groups excluding carboxylic acids is 1. The van der Waals surface area contributed by atoms with Gasteiger partial charge in [0.25, 0.3) is 0 Å². The van der Waals surface area contributed by atoms with Crippen molar-refractivity contribution in [1.82, 2.24) is 0 Å². The summed E-state index contributed by atoms with van der Waals surface area (Å²) in [5.74, 6) is 0. The number of carbonyl (C=O) groups is 1. The summed E-state index contributed by atoms with van der Waals surface area (Å²) in [6.07, 6.45) is 1.12. The molecule has 0 bridgehead atoms. The lowest BCUT2D eigenvalue weighted by Crippen LogP contribution is -2.05. The van der Waals surface area contributed by atoms with Crippen molar-refractivity contribution in [3.63, 3.8) is 0 Å². The molecule has 0 spiro atoms. The Balaban J connectivity index is 3.48. The van der Waals surface area contributed by atoms with Gasteiger partial charge in [-0.2, -0.15) is 0 Å². The molecule has 0 aliphatic heterocycles. The fourth-order valence-corrected chi connectivity index (χ4v) is 0.374. The summed E-state index contributed by atoms with van der Waals surface area (Å²) in [4.78, 5) is 14.8. The maximum Gasteiger partial charge on any atom is 0.131 e. The van der Waals surface area contributed by atoms with E-state index < -0.39 is 0 Å². The molecule has 0 aliphatic rings. The van der Waals surface area contributed by atoms with Crippen LogP contribution in [0.15, 0.2) is 5.16 Å². The van der Waals surface area contributed by atoms with Gasteiger partial charge in [0, 0.05) is 6.42 Å². The average Bonchev–Trinajstić information content (AvgIpc) is 1.85. The highest BCUT2D eigenvalue weighted by atomic mass is 16.6. The van der Waals surface area contributed by atoms with E-state index in [0.29, 0.717) is 6.42 Å². The van der Waals surface area contributed by atoms with Crippen LogP contribution in [0.5, 0.6) is 0 Å². The van der Waals surface area contributed by atoms with Crippen molar-refractivity contribution in [3.05, 3.63) is 0 Å². The number of aldehydes is 1. The zero-order chi connectivity index (χ0) is 7.98. The van der Waals surface area contributed by atoms with Crippen LogP contribution in [0, 0.1) is 0 Å². The second-order valence-corrected chi connectivity index (χ2v) is 2.36. The number of nitrogens with zero attached hydrogens (tertiary/aromatic N) is 1. The summed E-state index contributed by atoms with van der Waals surface area (Å²) in [5.41, 5.74) is 0.859. The Labute approximate surface area is 61.1 Å². The monoisotopic (exact) mass is 143 g/mol. The Hall–Kier alpha value is -0.860. The van der Waals surface area contributed by atoms with E-state index in [9.17, 15) is 4.79 Å². The van der Waals surface area contributed by atoms with Gasteiger partial charge in [0.1, 0.15) is 12.4 Å². The third kappa shape index (κ3) is 5.28. The Morgan fingerprint density at radius 2 is 2.30 bits per heavy atom. The van der Waals surface area contributed by atoms with Crippen molar-refractivity contribution in [2.45, 2.75) is 33.3 Å². The first-order valence-corrected chi connectivity index (χ1v) is 3.27. The molecule has 10 heavy (non-hydrogen) atoms. The fourth-order valence-electron chi connectivity index (χ4n) is 0.374. The Morgan fingerprint density at radius 1 is 1.70 bits per heavy atom. The normalized spacial score (nSPS) is 11.9. The smallest absolute Gasteiger partial charge is 0.131 e. The van der Waals surface area contributed by atoms with Gasteiger partial charge in [0.2, 0.25) is 0 Å². The number of hydrogen-bond acceptors (Lipinski definition) is 3. The summed E-state index contributed by atoms with van der Waals surface area (Å²) < 4.78 is 0. The van der Waals surface area contributed by atoms with Crippen molar-refractivity contribution >= 4 is 12.0 Å². The predicted octanol–water partition coefficient (Wildman–Crippen LogP) is 1.38. The van der Waals surface area contributed by atoms with E-state index in [4.69, 9.17) is 4.84 Å². The van der Waals surface area contributed by atoms with E-state index >= 15 is 0 Å². The maximum atomic E-state index is 9.93. The van der Waals surface area contributed by atoms with Crippen LogP contribution >= 0.6 is 0 Å². The van der Waals surface area contributed by atoms with Gasteiger partial charge in [-0.15, -0.1) is 0 Å². The first-order valence-electron chi connectivity index (χ1n) is 3.27. The summed E-state index contributed by atoms with van der Waals surface area (Å²) >= 11 is 0. The first kappa shape index (κ1) is 9.14. The van der Waals surface area contributed by atoms with Gasteiger partial charge < -0.3 is 9.63 Å². The lowest BCUT2D eigenvalue weighted by atomic mass is 10.3. The molecule has 0 aromatic heterocycles. The molecule has 1 unspecified atom stereocenters. The molecule has 58 valence electrons. The lowest BCUT2D eigenvalue weighted by Gasteiger charge is -2.04. The molecule has 0 fully saturated rings. The highest BCUT2D eigenvalue weighted by molar-refractivity contribution is 5.78. The largest absolute Gasteiger partial charge is 0.392 e. The van der Waals surface area contributed by atoms with Crippen LogP contribution in [0.1, 0.15) is 27.2 Å². The van der Waals surface area contributed by atoms with Gasteiger partial charge in [-0.1, -0.05) is 5.16 Å². The Bertz CT molecular complexity index is 128. The minimum absolute atomic E-state index is 0.104. The molecule has 0 rings (SSSR count). The molecular weight excluding hydrogens is 130 g/mol. The second kappa shape index (κ2) is 4.97. The van der Waals surface area contributed by atoms with E-state index in [-0.39, 0.29) is 6.10 Å². The predicted molar refractivity (Wildman–Crippen MR) is 40.0 cm³/mol. The summed E-state index contributed by atoms with van der Waals surface area (Å²) in [6, 6.07) is 0. The molecule has 0 aliphatic carbocycles. The molecule has 0 saturated carbocycles. The van der Waals surface area contributed by atoms with Crippen molar-refractivity contribution in [3.8, 4) is 0 Å². The summed E-state index contributed by atoms with van der Waals surface area (Å²) in [6.45, 7) is 5.49. The maximum absolute atomic E-state index is 9.93. The average molecular weight is 143 g/mol. The molecular formula is C7H13NO2. The number of rotatable bonds is 4. The van der Waals surface area contributed by atoms with Crippen LogP contribution in [-0.4, -0.2) is 18.1 Å². The minimum atomic E-state index is -0.104. The second-order valence-electron chi connectivity index (χ2n) is 2.36. The van der Waals surface area contributed by atoms with E-state index in [1.54, 1.807) is 6.92 Å². The van der Waals surface area contributed by atoms with Gasteiger partial charge >= 0.3 is 0 Å². The van der Waals surface area contributed by atoms with Crippen molar-refractivity contribution < 1.29 is 9.63 Å². The van der Waals surface area contributed by atoms with E-state index in [0.717, 1.165) is 12.0 Å². The SMILES string of the molecule is CC(C)=NOC(C)CC=O.